The van der Waals surface area contributed by atoms with Crippen molar-refractivity contribution in [3.8, 4) is 0 Å². The summed E-state index contributed by atoms with van der Waals surface area (Å²) in [4.78, 5) is 9.04. The highest BCUT2D eigenvalue weighted by Gasteiger charge is 2.19. The summed E-state index contributed by atoms with van der Waals surface area (Å²) < 4.78 is 32.8. The molecule has 26 heavy (non-hydrogen) atoms. The number of nitrogens with one attached hydrogen (secondary N) is 1. The molecule has 8 heteroatoms. The monoisotopic (exact) mass is 378 g/mol. The molecule has 1 saturated heterocycles. The van der Waals surface area contributed by atoms with Crippen molar-refractivity contribution in [2.75, 3.05) is 39.3 Å². The van der Waals surface area contributed by atoms with Gasteiger partial charge in [-0.3, -0.25) is 9.80 Å². The lowest BCUT2D eigenvalue weighted by Crippen LogP contribution is -2.47. The van der Waals surface area contributed by atoms with E-state index in [-0.39, 0.29) is 0 Å². The summed E-state index contributed by atoms with van der Waals surface area (Å²) in [5.74, 6) is 1.58. The van der Waals surface area contributed by atoms with Gasteiger partial charge in [0.1, 0.15) is 5.76 Å². The second-order valence-electron chi connectivity index (χ2n) is 6.67. The van der Waals surface area contributed by atoms with Gasteiger partial charge < -0.3 is 4.42 Å². The van der Waals surface area contributed by atoms with Gasteiger partial charge in [-0.2, -0.15) is 0 Å². The number of hydrogen-bond acceptors (Lipinski definition) is 6. The number of oxazole rings is 1. The van der Waals surface area contributed by atoms with Crippen LogP contribution in [0.1, 0.15) is 17.2 Å². The largest absolute Gasteiger partial charge is 0.445 e. The van der Waals surface area contributed by atoms with Crippen LogP contribution in [0.2, 0.25) is 0 Å². The van der Waals surface area contributed by atoms with Gasteiger partial charge in [0.25, 0.3) is 0 Å². The van der Waals surface area contributed by atoms with E-state index in [0.717, 1.165) is 44.0 Å². The van der Waals surface area contributed by atoms with Gasteiger partial charge in [0.15, 0.2) is 5.89 Å². The second-order valence-corrected chi connectivity index (χ2v) is 8.44. The summed E-state index contributed by atoms with van der Waals surface area (Å²) in [6.45, 7) is 9.38. The molecule has 0 saturated carbocycles. The van der Waals surface area contributed by atoms with Crippen LogP contribution in [-0.2, 0) is 16.6 Å². The maximum absolute atomic E-state index is 12.3. The predicted octanol–water partition coefficient (Wildman–Crippen LogP) is 1.39. The molecule has 2 aromatic rings. The molecule has 1 aliphatic rings. The highest BCUT2D eigenvalue weighted by atomic mass is 32.2. The molecule has 1 aliphatic heterocycles. The van der Waals surface area contributed by atoms with Crippen LogP contribution >= 0.6 is 0 Å². The highest BCUT2D eigenvalue weighted by Crippen LogP contribution is 2.11. The Balaban J connectivity index is 1.40. The Morgan fingerprint density at radius 2 is 1.73 bits per heavy atom. The minimum Gasteiger partial charge on any atom is -0.445 e. The molecule has 0 spiro atoms. The van der Waals surface area contributed by atoms with Crippen LogP contribution in [0.15, 0.2) is 39.8 Å². The molecule has 0 bridgehead atoms. The zero-order valence-corrected chi connectivity index (χ0v) is 16.1. The number of nitrogens with zero attached hydrogens (tertiary/aromatic N) is 3. The first-order chi connectivity index (χ1) is 12.4. The average molecular weight is 378 g/mol. The van der Waals surface area contributed by atoms with Crippen LogP contribution < -0.4 is 4.72 Å². The maximum Gasteiger partial charge on any atom is 0.240 e. The first kappa shape index (κ1) is 19.0. The molecule has 0 unspecified atom stereocenters. The van der Waals surface area contributed by atoms with E-state index in [0.29, 0.717) is 23.9 Å². The zero-order valence-electron chi connectivity index (χ0n) is 15.3. The number of hydrogen-bond donors (Lipinski definition) is 1. The molecule has 7 nitrogen and oxygen atoms in total. The third-order valence-electron chi connectivity index (χ3n) is 4.56. The van der Waals surface area contributed by atoms with Gasteiger partial charge in [0.2, 0.25) is 10.0 Å². The summed E-state index contributed by atoms with van der Waals surface area (Å²) in [6.07, 6.45) is 1.78. The standard InChI is InChI=1S/C18H26N4O3S/c1-15-3-5-18(6-4-15)26(23,24)20-7-8-21-9-11-22(12-10-21)14-17-13-19-16(2)25-17/h3-6,13,20H,7-12,14H2,1-2H3. The van der Waals surface area contributed by atoms with Gasteiger partial charge in [-0.15, -0.1) is 0 Å². The molecular formula is C18H26N4O3S. The number of sulfonamides is 1. The van der Waals surface area contributed by atoms with Crippen LogP contribution in [0.5, 0.6) is 0 Å². The fraction of sp³-hybridized carbons (Fsp3) is 0.500. The molecule has 0 atom stereocenters. The third kappa shape index (κ3) is 5.14. The second kappa shape index (κ2) is 8.30. The van der Waals surface area contributed by atoms with Crippen molar-refractivity contribution in [3.05, 3.63) is 47.7 Å². The van der Waals surface area contributed by atoms with E-state index in [1.807, 2.05) is 26.0 Å². The van der Waals surface area contributed by atoms with Crippen LogP contribution in [0.3, 0.4) is 0 Å². The Bertz CT molecular complexity index is 809. The van der Waals surface area contributed by atoms with Crippen molar-refractivity contribution < 1.29 is 12.8 Å². The van der Waals surface area contributed by atoms with Crippen molar-refractivity contribution in [2.24, 2.45) is 0 Å². The first-order valence-electron chi connectivity index (χ1n) is 8.85. The van der Waals surface area contributed by atoms with E-state index in [2.05, 4.69) is 19.5 Å². The normalized spacial score (nSPS) is 16.8. The summed E-state index contributed by atoms with van der Waals surface area (Å²) in [7, 11) is -3.43. The average Bonchev–Trinajstić information content (AvgIpc) is 3.01. The third-order valence-corrected chi connectivity index (χ3v) is 6.04. The van der Waals surface area contributed by atoms with Gasteiger partial charge >= 0.3 is 0 Å². The Hall–Kier alpha value is -1.74. The van der Waals surface area contributed by atoms with Gasteiger partial charge in [-0.1, -0.05) is 17.7 Å². The van der Waals surface area contributed by atoms with Crippen LogP contribution in [0.4, 0.5) is 0 Å². The fourth-order valence-electron chi connectivity index (χ4n) is 3.01. The fourth-order valence-corrected chi connectivity index (χ4v) is 4.03. The number of rotatable bonds is 7. The van der Waals surface area contributed by atoms with E-state index in [4.69, 9.17) is 4.42 Å². The van der Waals surface area contributed by atoms with Crippen molar-refractivity contribution in [3.63, 3.8) is 0 Å². The quantitative estimate of drug-likeness (QED) is 0.784. The van der Waals surface area contributed by atoms with E-state index < -0.39 is 10.0 Å². The van der Waals surface area contributed by atoms with Crippen molar-refractivity contribution in [1.82, 2.24) is 19.5 Å². The molecule has 0 amide bonds. The van der Waals surface area contributed by atoms with Gasteiger partial charge in [0.05, 0.1) is 17.6 Å². The molecular weight excluding hydrogens is 352 g/mol. The van der Waals surface area contributed by atoms with E-state index in [1.165, 1.54) is 0 Å². The molecule has 3 rings (SSSR count). The van der Waals surface area contributed by atoms with E-state index >= 15 is 0 Å². The molecule has 1 aromatic carbocycles. The van der Waals surface area contributed by atoms with E-state index in [1.54, 1.807) is 18.3 Å². The smallest absolute Gasteiger partial charge is 0.240 e. The first-order valence-corrected chi connectivity index (χ1v) is 10.3. The lowest BCUT2D eigenvalue weighted by Gasteiger charge is -2.34. The van der Waals surface area contributed by atoms with Gasteiger partial charge in [0, 0.05) is 46.2 Å². The molecule has 0 radical (unpaired) electrons. The number of aromatic nitrogens is 1. The minimum atomic E-state index is -3.43. The lowest BCUT2D eigenvalue weighted by molar-refractivity contribution is 0.122. The summed E-state index contributed by atoms with van der Waals surface area (Å²) in [6, 6.07) is 6.90. The Labute approximate surface area is 155 Å². The number of aryl methyl sites for hydroxylation is 2. The molecule has 142 valence electrons. The molecule has 1 fully saturated rings. The Morgan fingerprint density at radius 1 is 1.08 bits per heavy atom. The van der Waals surface area contributed by atoms with Crippen LogP contribution in [0.25, 0.3) is 0 Å². The maximum atomic E-state index is 12.3. The van der Waals surface area contributed by atoms with Crippen molar-refractivity contribution >= 4 is 10.0 Å². The van der Waals surface area contributed by atoms with Crippen molar-refractivity contribution in [2.45, 2.75) is 25.3 Å². The lowest BCUT2D eigenvalue weighted by atomic mass is 10.2. The molecule has 1 N–H and O–H groups in total. The van der Waals surface area contributed by atoms with Crippen LogP contribution in [-0.4, -0.2) is 62.5 Å². The summed E-state index contributed by atoms with van der Waals surface area (Å²) in [5, 5.41) is 0. The molecule has 1 aromatic heterocycles. The van der Waals surface area contributed by atoms with Gasteiger partial charge in [-0.05, 0) is 19.1 Å². The minimum absolute atomic E-state index is 0.315. The summed E-state index contributed by atoms with van der Waals surface area (Å²) >= 11 is 0. The number of benzene rings is 1. The van der Waals surface area contributed by atoms with Crippen LogP contribution in [0, 0.1) is 13.8 Å². The summed E-state index contributed by atoms with van der Waals surface area (Å²) in [5.41, 5.74) is 1.04. The molecule has 2 heterocycles. The zero-order chi connectivity index (χ0) is 18.6. The van der Waals surface area contributed by atoms with Crippen molar-refractivity contribution in [1.29, 1.82) is 0 Å². The predicted molar refractivity (Wildman–Crippen MR) is 99.3 cm³/mol. The van der Waals surface area contributed by atoms with Gasteiger partial charge in [-0.25, -0.2) is 18.1 Å². The topological polar surface area (TPSA) is 78.7 Å². The highest BCUT2D eigenvalue weighted by molar-refractivity contribution is 7.89. The Morgan fingerprint density at radius 3 is 2.35 bits per heavy atom. The SMILES string of the molecule is Cc1ccc(S(=O)(=O)NCCN2CCN(Cc3cnc(C)o3)CC2)cc1. The number of piperazine rings is 1. The molecule has 0 aliphatic carbocycles. The van der Waals surface area contributed by atoms with E-state index in [9.17, 15) is 8.42 Å². The Kier molecular flexibility index (Phi) is 6.08.